The van der Waals surface area contributed by atoms with Gasteiger partial charge < -0.3 is 10.1 Å². The van der Waals surface area contributed by atoms with Crippen LogP contribution in [0.2, 0.25) is 5.15 Å². The van der Waals surface area contributed by atoms with Crippen molar-refractivity contribution < 1.29 is 4.74 Å². The fourth-order valence-corrected chi connectivity index (χ4v) is 2.02. The Morgan fingerprint density at radius 3 is 2.63 bits per heavy atom. The van der Waals surface area contributed by atoms with Crippen molar-refractivity contribution in [3.05, 3.63) is 53.3 Å². The third-order valence-electron chi connectivity index (χ3n) is 2.80. The van der Waals surface area contributed by atoms with E-state index in [0.717, 1.165) is 11.4 Å². The fourth-order valence-electron chi connectivity index (χ4n) is 1.84. The second-order valence-corrected chi connectivity index (χ2v) is 4.62. The van der Waals surface area contributed by atoms with E-state index in [1.165, 1.54) is 5.56 Å². The molecule has 0 bridgehead atoms. The van der Waals surface area contributed by atoms with Crippen LogP contribution in [0, 0.1) is 0 Å². The van der Waals surface area contributed by atoms with Gasteiger partial charge in [0.1, 0.15) is 10.9 Å². The summed E-state index contributed by atoms with van der Waals surface area (Å²) in [5, 5.41) is 3.87. The first-order valence-corrected chi connectivity index (χ1v) is 6.67. The van der Waals surface area contributed by atoms with Crippen LogP contribution in [-0.4, -0.2) is 11.6 Å². The Morgan fingerprint density at radius 2 is 2.00 bits per heavy atom. The third kappa shape index (κ3) is 3.86. The largest absolute Gasteiger partial charge is 0.494 e. The molecule has 1 unspecified atom stereocenters. The molecule has 1 heterocycles. The molecule has 1 atom stereocenters. The summed E-state index contributed by atoms with van der Waals surface area (Å²) in [7, 11) is 0. The van der Waals surface area contributed by atoms with Crippen LogP contribution >= 0.6 is 11.6 Å². The van der Waals surface area contributed by atoms with Gasteiger partial charge in [0.05, 0.1) is 6.61 Å². The van der Waals surface area contributed by atoms with Crippen molar-refractivity contribution in [2.24, 2.45) is 0 Å². The Kier molecular flexibility index (Phi) is 4.63. The molecule has 1 N–H and O–H groups in total. The van der Waals surface area contributed by atoms with Gasteiger partial charge >= 0.3 is 0 Å². The molecule has 2 aromatic rings. The Balaban J connectivity index is 2.05. The van der Waals surface area contributed by atoms with Crippen LogP contribution in [0.15, 0.2) is 42.6 Å². The first-order chi connectivity index (χ1) is 9.19. The van der Waals surface area contributed by atoms with Gasteiger partial charge in [0, 0.05) is 17.9 Å². The highest BCUT2D eigenvalue weighted by Gasteiger charge is 2.06. The molecule has 19 heavy (non-hydrogen) atoms. The average molecular weight is 277 g/mol. The van der Waals surface area contributed by atoms with Gasteiger partial charge in [-0.2, -0.15) is 0 Å². The molecule has 0 amide bonds. The SMILES string of the molecule is CCOc1ccc(C(C)Nc2ccnc(Cl)c2)cc1. The van der Waals surface area contributed by atoms with Crippen molar-refractivity contribution in [2.45, 2.75) is 19.9 Å². The summed E-state index contributed by atoms with van der Waals surface area (Å²) in [6.07, 6.45) is 1.69. The zero-order chi connectivity index (χ0) is 13.7. The lowest BCUT2D eigenvalue weighted by atomic mass is 10.1. The summed E-state index contributed by atoms with van der Waals surface area (Å²) in [6, 6.07) is 12.0. The van der Waals surface area contributed by atoms with E-state index in [-0.39, 0.29) is 6.04 Å². The fraction of sp³-hybridized carbons (Fsp3) is 0.267. The number of hydrogen-bond donors (Lipinski definition) is 1. The Hall–Kier alpha value is -1.74. The lowest BCUT2D eigenvalue weighted by Gasteiger charge is -2.16. The molecule has 0 aliphatic heterocycles. The van der Waals surface area contributed by atoms with Gasteiger partial charge in [-0.25, -0.2) is 4.98 Å². The zero-order valence-corrected chi connectivity index (χ0v) is 11.8. The van der Waals surface area contributed by atoms with Gasteiger partial charge in [-0.15, -0.1) is 0 Å². The second kappa shape index (κ2) is 6.43. The van der Waals surface area contributed by atoms with Crippen molar-refractivity contribution in [1.82, 2.24) is 4.98 Å². The minimum atomic E-state index is 0.189. The summed E-state index contributed by atoms with van der Waals surface area (Å²) < 4.78 is 5.43. The molecule has 1 aromatic heterocycles. The van der Waals surface area contributed by atoms with E-state index >= 15 is 0 Å². The molecular weight excluding hydrogens is 260 g/mol. The van der Waals surface area contributed by atoms with Gasteiger partial charge in [-0.1, -0.05) is 23.7 Å². The van der Waals surface area contributed by atoms with E-state index in [9.17, 15) is 0 Å². The second-order valence-electron chi connectivity index (χ2n) is 4.24. The lowest BCUT2D eigenvalue weighted by Crippen LogP contribution is -2.06. The highest BCUT2D eigenvalue weighted by Crippen LogP contribution is 2.22. The number of rotatable bonds is 5. The molecule has 0 saturated heterocycles. The maximum atomic E-state index is 5.86. The number of hydrogen-bond acceptors (Lipinski definition) is 3. The monoisotopic (exact) mass is 276 g/mol. The molecule has 0 spiro atoms. The first kappa shape index (κ1) is 13.7. The van der Waals surface area contributed by atoms with Crippen LogP contribution in [0.1, 0.15) is 25.5 Å². The molecule has 3 nitrogen and oxygen atoms in total. The number of nitrogens with zero attached hydrogens (tertiary/aromatic N) is 1. The maximum Gasteiger partial charge on any atom is 0.131 e. The molecule has 0 radical (unpaired) electrons. The van der Waals surface area contributed by atoms with Gasteiger partial charge in [-0.05, 0) is 43.7 Å². The molecule has 100 valence electrons. The van der Waals surface area contributed by atoms with Crippen LogP contribution in [0.5, 0.6) is 5.75 Å². The minimum Gasteiger partial charge on any atom is -0.494 e. The molecular formula is C15H17ClN2O. The number of anilines is 1. The molecule has 0 fully saturated rings. The van der Waals surface area contributed by atoms with Crippen LogP contribution in [0.25, 0.3) is 0 Å². The average Bonchev–Trinajstić information content (AvgIpc) is 2.40. The molecule has 1 aromatic carbocycles. The van der Waals surface area contributed by atoms with E-state index in [1.807, 2.05) is 31.2 Å². The molecule has 0 saturated carbocycles. The van der Waals surface area contributed by atoms with Gasteiger partial charge in [0.2, 0.25) is 0 Å². The van der Waals surface area contributed by atoms with E-state index in [1.54, 1.807) is 6.20 Å². The van der Waals surface area contributed by atoms with Crippen molar-refractivity contribution in [2.75, 3.05) is 11.9 Å². The standard InChI is InChI=1S/C15H17ClN2O/c1-3-19-14-6-4-12(5-7-14)11(2)18-13-8-9-17-15(16)10-13/h4-11H,3H2,1-2H3,(H,17,18). The van der Waals surface area contributed by atoms with Crippen LogP contribution in [0.4, 0.5) is 5.69 Å². The number of aromatic nitrogens is 1. The van der Waals surface area contributed by atoms with Crippen LogP contribution in [-0.2, 0) is 0 Å². The number of benzene rings is 1. The highest BCUT2D eigenvalue weighted by molar-refractivity contribution is 6.29. The number of pyridine rings is 1. The van der Waals surface area contributed by atoms with Crippen molar-refractivity contribution in [3.8, 4) is 5.75 Å². The summed E-state index contributed by atoms with van der Waals surface area (Å²) in [5.74, 6) is 0.894. The summed E-state index contributed by atoms with van der Waals surface area (Å²) in [5.41, 5.74) is 2.15. The maximum absolute atomic E-state index is 5.86. The summed E-state index contributed by atoms with van der Waals surface area (Å²) in [4.78, 5) is 3.96. The first-order valence-electron chi connectivity index (χ1n) is 6.30. The Bertz CT molecular complexity index is 528. The predicted octanol–water partition coefficient (Wildman–Crippen LogP) is 4.31. The summed E-state index contributed by atoms with van der Waals surface area (Å²) >= 11 is 5.86. The van der Waals surface area contributed by atoms with Gasteiger partial charge in [0.15, 0.2) is 0 Å². The predicted molar refractivity (Wildman–Crippen MR) is 78.9 cm³/mol. The molecule has 0 aliphatic carbocycles. The Labute approximate surface area is 118 Å². The van der Waals surface area contributed by atoms with E-state index in [4.69, 9.17) is 16.3 Å². The zero-order valence-electron chi connectivity index (χ0n) is 11.1. The van der Waals surface area contributed by atoms with E-state index in [2.05, 4.69) is 29.4 Å². The number of nitrogens with one attached hydrogen (secondary N) is 1. The molecule has 2 rings (SSSR count). The molecule has 0 aliphatic rings. The normalized spacial score (nSPS) is 11.9. The smallest absolute Gasteiger partial charge is 0.131 e. The summed E-state index contributed by atoms with van der Waals surface area (Å²) in [6.45, 7) is 4.76. The van der Waals surface area contributed by atoms with Crippen molar-refractivity contribution in [3.63, 3.8) is 0 Å². The lowest BCUT2D eigenvalue weighted by molar-refractivity contribution is 0.340. The van der Waals surface area contributed by atoms with E-state index < -0.39 is 0 Å². The van der Waals surface area contributed by atoms with Crippen molar-refractivity contribution in [1.29, 1.82) is 0 Å². The van der Waals surface area contributed by atoms with Crippen LogP contribution in [0.3, 0.4) is 0 Å². The third-order valence-corrected chi connectivity index (χ3v) is 3.01. The van der Waals surface area contributed by atoms with Crippen molar-refractivity contribution >= 4 is 17.3 Å². The van der Waals surface area contributed by atoms with Gasteiger partial charge in [-0.3, -0.25) is 0 Å². The van der Waals surface area contributed by atoms with Gasteiger partial charge in [0.25, 0.3) is 0 Å². The highest BCUT2D eigenvalue weighted by atomic mass is 35.5. The minimum absolute atomic E-state index is 0.189. The topological polar surface area (TPSA) is 34.1 Å². The number of ether oxygens (including phenoxy) is 1. The van der Waals surface area contributed by atoms with E-state index in [0.29, 0.717) is 11.8 Å². The van der Waals surface area contributed by atoms with Crippen LogP contribution < -0.4 is 10.1 Å². The number of halogens is 1. The quantitative estimate of drug-likeness (QED) is 0.827. The molecule has 4 heteroatoms. The Morgan fingerprint density at radius 1 is 1.26 bits per heavy atom.